The molecular formula is C17H28N2. The maximum atomic E-state index is 3.71. The normalized spacial score (nSPS) is 21.3. The average molecular weight is 260 g/mol. The Morgan fingerprint density at radius 1 is 1.32 bits per heavy atom. The van der Waals surface area contributed by atoms with Crippen LogP contribution in [0.3, 0.4) is 0 Å². The lowest BCUT2D eigenvalue weighted by atomic mass is 9.86. The van der Waals surface area contributed by atoms with Gasteiger partial charge in [0.05, 0.1) is 0 Å². The van der Waals surface area contributed by atoms with E-state index in [4.69, 9.17) is 0 Å². The molecule has 0 radical (unpaired) electrons. The van der Waals surface area contributed by atoms with Gasteiger partial charge < -0.3 is 10.2 Å². The summed E-state index contributed by atoms with van der Waals surface area (Å²) in [5, 5.41) is 3.71. The average Bonchev–Trinajstić information content (AvgIpc) is 2.64. The predicted octanol–water partition coefficient (Wildman–Crippen LogP) is 3.46. The number of anilines is 1. The number of hydrogen-bond acceptors (Lipinski definition) is 2. The molecule has 1 heterocycles. The van der Waals surface area contributed by atoms with Crippen molar-refractivity contribution in [2.45, 2.75) is 46.6 Å². The lowest BCUT2D eigenvalue weighted by Crippen LogP contribution is -2.46. The van der Waals surface area contributed by atoms with Crippen molar-refractivity contribution in [3.05, 3.63) is 29.8 Å². The summed E-state index contributed by atoms with van der Waals surface area (Å²) in [7, 11) is 0. The minimum Gasteiger partial charge on any atom is -0.370 e. The lowest BCUT2D eigenvalue weighted by molar-refractivity contribution is 0.280. The molecule has 1 saturated heterocycles. The molecule has 1 fully saturated rings. The molecule has 0 spiro atoms. The van der Waals surface area contributed by atoms with E-state index in [0.717, 1.165) is 26.1 Å². The van der Waals surface area contributed by atoms with Crippen molar-refractivity contribution >= 4 is 5.69 Å². The van der Waals surface area contributed by atoms with Gasteiger partial charge in [0.1, 0.15) is 0 Å². The summed E-state index contributed by atoms with van der Waals surface area (Å²) in [6.45, 7) is 12.6. The van der Waals surface area contributed by atoms with Crippen LogP contribution in [0.5, 0.6) is 0 Å². The summed E-state index contributed by atoms with van der Waals surface area (Å²) < 4.78 is 0. The number of hydrogen-bond donors (Lipinski definition) is 1. The van der Waals surface area contributed by atoms with Crippen LogP contribution in [0, 0.1) is 5.41 Å². The molecule has 2 rings (SSSR count). The van der Waals surface area contributed by atoms with Gasteiger partial charge in [0, 0.05) is 24.8 Å². The third kappa shape index (κ3) is 3.73. The second kappa shape index (κ2) is 5.96. The van der Waals surface area contributed by atoms with E-state index in [1.807, 2.05) is 0 Å². The Bertz CT molecular complexity index is 406. The Morgan fingerprint density at radius 3 is 2.79 bits per heavy atom. The molecule has 0 aromatic heterocycles. The predicted molar refractivity (Wildman–Crippen MR) is 83.9 cm³/mol. The van der Waals surface area contributed by atoms with Crippen LogP contribution in [-0.2, 0) is 6.42 Å². The number of rotatable bonds is 2. The minimum atomic E-state index is 0.310. The first-order chi connectivity index (χ1) is 9.00. The molecule has 0 amide bonds. The number of nitrogens with zero attached hydrogens (tertiary/aromatic N) is 1. The van der Waals surface area contributed by atoms with Gasteiger partial charge in [-0.15, -0.1) is 0 Å². The van der Waals surface area contributed by atoms with E-state index < -0.39 is 0 Å². The highest BCUT2D eigenvalue weighted by Gasteiger charge is 2.28. The van der Waals surface area contributed by atoms with Gasteiger partial charge in [-0.2, -0.15) is 0 Å². The van der Waals surface area contributed by atoms with Crippen LogP contribution in [0.2, 0.25) is 0 Å². The molecule has 0 aliphatic carbocycles. The third-order valence-corrected chi connectivity index (χ3v) is 4.13. The van der Waals surface area contributed by atoms with Crippen molar-refractivity contribution in [1.82, 2.24) is 5.32 Å². The van der Waals surface area contributed by atoms with Crippen molar-refractivity contribution < 1.29 is 0 Å². The van der Waals surface area contributed by atoms with Gasteiger partial charge >= 0.3 is 0 Å². The largest absolute Gasteiger partial charge is 0.370 e. The standard InChI is InChI=1S/C17H28N2/c1-5-14-8-6-9-15(12-14)19-11-7-10-18-16(13-19)17(2,3)4/h6,8-9,12,16,18H,5,7,10-11,13H2,1-4H3. The first-order valence-corrected chi connectivity index (χ1v) is 7.58. The number of benzene rings is 1. The topological polar surface area (TPSA) is 15.3 Å². The smallest absolute Gasteiger partial charge is 0.0369 e. The van der Waals surface area contributed by atoms with Gasteiger partial charge in [0.2, 0.25) is 0 Å². The zero-order valence-electron chi connectivity index (χ0n) is 12.9. The molecule has 1 aromatic rings. The molecule has 19 heavy (non-hydrogen) atoms. The van der Waals surface area contributed by atoms with Crippen LogP contribution in [0.4, 0.5) is 5.69 Å². The van der Waals surface area contributed by atoms with E-state index in [-0.39, 0.29) is 0 Å². The molecule has 0 bridgehead atoms. The molecule has 2 heteroatoms. The van der Waals surface area contributed by atoms with Crippen molar-refractivity contribution in [1.29, 1.82) is 0 Å². The maximum Gasteiger partial charge on any atom is 0.0369 e. The first-order valence-electron chi connectivity index (χ1n) is 7.58. The fourth-order valence-electron chi connectivity index (χ4n) is 2.71. The van der Waals surface area contributed by atoms with E-state index in [2.05, 4.69) is 62.2 Å². The highest BCUT2D eigenvalue weighted by Crippen LogP contribution is 2.25. The van der Waals surface area contributed by atoms with Gasteiger partial charge in [0.15, 0.2) is 0 Å². The molecule has 1 unspecified atom stereocenters. The van der Waals surface area contributed by atoms with E-state index in [0.29, 0.717) is 11.5 Å². The molecular weight excluding hydrogens is 232 g/mol. The quantitative estimate of drug-likeness (QED) is 0.876. The summed E-state index contributed by atoms with van der Waals surface area (Å²) in [4.78, 5) is 2.55. The molecule has 1 atom stereocenters. The molecule has 106 valence electrons. The van der Waals surface area contributed by atoms with Crippen LogP contribution < -0.4 is 10.2 Å². The van der Waals surface area contributed by atoms with Crippen LogP contribution in [0.1, 0.15) is 39.7 Å². The summed E-state index contributed by atoms with van der Waals surface area (Å²) in [6.07, 6.45) is 2.34. The Balaban J connectivity index is 2.17. The van der Waals surface area contributed by atoms with Crippen LogP contribution in [-0.4, -0.2) is 25.7 Å². The minimum absolute atomic E-state index is 0.310. The van der Waals surface area contributed by atoms with E-state index in [1.165, 1.54) is 17.7 Å². The van der Waals surface area contributed by atoms with Crippen molar-refractivity contribution in [3.63, 3.8) is 0 Å². The molecule has 1 N–H and O–H groups in total. The summed E-state index contributed by atoms with van der Waals surface area (Å²) in [5.41, 5.74) is 3.13. The summed E-state index contributed by atoms with van der Waals surface area (Å²) >= 11 is 0. The second-order valence-electron chi connectivity index (χ2n) is 6.70. The number of aryl methyl sites for hydroxylation is 1. The highest BCUT2D eigenvalue weighted by atomic mass is 15.2. The van der Waals surface area contributed by atoms with Gasteiger partial charge in [-0.3, -0.25) is 0 Å². The lowest BCUT2D eigenvalue weighted by Gasteiger charge is -2.34. The summed E-state index contributed by atoms with van der Waals surface area (Å²) in [5.74, 6) is 0. The first kappa shape index (κ1) is 14.4. The monoisotopic (exact) mass is 260 g/mol. The summed E-state index contributed by atoms with van der Waals surface area (Å²) in [6, 6.07) is 9.58. The van der Waals surface area contributed by atoms with E-state index in [9.17, 15) is 0 Å². The molecule has 2 nitrogen and oxygen atoms in total. The van der Waals surface area contributed by atoms with E-state index >= 15 is 0 Å². The van der Waals surface area contributed by atoms with E-state index in [1.54, 1.807) is 0 Å². The van der Waals surface area contributed by atoms with Crippen LogP contribution >= 0.6 is 0 Å². The Morgan fingerprint density at radius 2 is 2.11 bits per heavy atom. The fourth-order valence-corrected chi connectivity index (χ4v) is 2.71. The second-order valence-corrected chi connectivity index (χ2v) is 6.70. The third-order valence-electron chi connectivity index (χ3n) is 4.13. The zero-order chi connectivity index (χ0) is 13.9. The number of nitrogens with one attached hydrogen (secondary N) is 1. The Hall–Kier alpha value is -1.02. The maximum absolute atomic E-state index is 3.71. The van der Waals surface area contributed by atoms with Crippen LogP contribution in [0.25, 0.3) is 0 Å². The van der Waals surface area contributed by atoms with Gasteiger partial charge in [-0.05, 0) is 42.5 Å². The van der Waals surface area contributed by atoms with Gasteiger partial charge in [-0.25, -0.2) is 0 Å². The van der Waals surface area contributed by atoms with Gasteiger partial charge in [0.25, 0.3) is 0 Å². The highest BCUT2D eigenvalue weighted by molar-refractivity contribution is 5.49. The fraction of sp³-hybridized carbons (Fsp3) is 0.647. The van der Waals surface area contributed by atoms with Crippen molar-refractivity contribution in [2.75, 3.05) is 24.5 Å². The van der Waals surface area contributed by atoms with Gasteiger partial charge in [-0.1, -0.05) is 39.8 Å². The molecule has 1 aromatic carbocycles. The molecule has 0 saturated carbocycles. The SMILES string of the molecule is CCc1cccc(N2CCCNC(C(C)(C)C)C2)c1. The zero-order valence-corrected chi connectivity index (χ0v) is 12.9. The van der Waals surface area contributed by atoms with Crippen molar-refractivity contribution in [3.8, 4) is 0 Å². The Kier molecular flexibility index (Phi) is 4.51. The van der Waals surface area contributed by atoms with Crippen LogP contribution in [0.15, 0.2) is 24.3 Å². The van der Waals surface area contributed by atoms with Crippen molar-refractivity contribution in [2.24, 2.45) is 5.41 Å². The Labute approximate surface area is 118 Å². The molecule has 1 aliphatic heterocycles. The molecule has 1 aliphatic rings.